The molecule has 0 spiro atoms. The number of carbonyl (C=O) groups is 1. The molecule has 0 saturated carbocycles. The quantitative estimate of drug-likeness (QED) is 0.613. The third-order valence-corrected chi connectivity index (χ3v) is 3.37. The number of hydrogen-bond acceptors (Lipinski definition) is 5. The van der Waals surface area contributed by atoms with Crippen LogP contribution in [0.3, 0.4) is 0 Å². The molecule has 1 aromatic rings. The Morgan fingerprint density at radius 2 is 2.11 bits per heavy atom. The van der Waals surface area contributed by atoms with Crippen molar-refractivity contribution >= 4 is 27.8 Å². The van der Waals surface area contributed by atoms with E-state index in [1.165, 1.54) is 18.3 Å². The number of rotatable bonds is 6. The van der Waals surface area contributed by atoms with Gasteiger partial charge in [0, 0.05) is 13.5 Å². The Kier molecular flexibility index (Phi) is 4.78. The van der Waals surface area contributed by atoms with Gasteiger partial charge in [0.1, 0.15) is 5.00 Å². The molecular weight excluding hydrogens is 248 g/mol. The molecule has 3 N–H and O–H groups in total. The molecule has 0 aliphatic carbocycles. The van der Waals surface area contributed by atoms with Gasteiger partial charge in [-0.1, -0.05) is 12.2 Å². The molecule has 0 radical (unpaired) electrons. The van der Waals surface area contributed by atoms with Crippen molar-refractivity contribution in [3.63, 3.8) is 0 Å². The van der Waals surface area contributed by atoms with E-state index >= 15 is 0 Å². The van der Waals surface area contributed by atoms with Crippen molar-refractivity contribution in [1.29, 1.82) is 0 Å². The molecule has 1 heterocycles. The Bertz CT molecular complexity index is 464. The van der Waals surface area contributed by atoms with Gasteiger partial charge in [0.25, 0.3) is 0 Å². The third-order valence-electron chi connectivity index (χ3n) is 2.12. The first-order chi connectivity index (χ1) is 8.32. The van der Waals surface area contributed by atoms with Crippen molar-refractivity contribution in [2.24, 2.45) is 0 Å². The molecule has 1 aromatic heterocycles. The molecule has 5 heteroatoms. The van der Waals surface area contributed by atoms with Crippen molar-refractivity contribution < 1.29 is 9.53 Å². The summed E-state index contributed by atoms with van der Waals surface area (Å²) in [4.78, 5) is 12.0. The maximum Gasteiger partial charge on any atom is 0.177 e. The van der Waals surface area contributed by atoms with E-state index in [9.17, 15) is 4.79 Å². The molecule has 1 rings (SSSR count). The van der Waals surface area contributed by atoms with E-state index < -0.39 is 0 Å². The van der Waals surface area contributed by atoms with E-state index in [1.807, 2.05) is 20.8 Å². The van der Waals surface area contributed by atoms with E-state index in [-0.39, 0.29) is 11.9 Å². The van der Waals surface area contributed by atoms with E-state index in [0.29, 0.717) is 22.9 Å². The smallest absolute Gasteiger partial charge is 0.177 e. The predicted octanol–water partition coefficient (Wildman–Crippen LogP) is 3.31. The first-order valence-electron chi connectivity index (χ1n) is 5.81. The minimum absolute atomic E-state index is 0.00656. The van der Waals surface area contributed by atoms with Crippen LogP contribution >= 0.6 is 11.3 Å². The maximum atomic E-state index is 11.5. The molecule has 0 amide bonds. The van der Waals surface area contributed by atoms with Gasteiger partial charge in [-0.3, -0.25) is 4.79 Å². The van der Waals surface area contributed by atoms with E-state index in [1.54, 1.807) is 0 Å². The van der Waals surface area contributed by atoms with E-state index in [2.05, 4.69) is 11.9 Å². The first-order valence-corrected chi connectivity index (χ1v) is 6.62. The molecule has 0 aliphatic rings. The van der Waals surface area contributed by atoms with Crippen LogP contribution < -0.4 is 15.8 Å². The van der Waals surface area contributed by atoms with Crippen LogP contribution in [0.5, 0.6) is 5.75 Å². The second-order valence-corrected chi connectivity index (χ2v) is 5.56. The summed E-state index contributed by atoms with van der Waals surface area (Å²) in [6.45, 7) is 11.7. The van der Waals surface area contributed by atoms with Gasteiger partial charge in [-0.05, 0) is 20.8 Å². The maximum absolute atomic E-state index is 11.5. The Morgan fingerprint density at radius 3 is 2.56 bits per heavy atom. The lowest BCUT2D eigenvalue weighted by Gasteiger charge is -2.12. The van der Waals surface area contributed by atoms with E-state index in [4.69, 9.17) is 10.5 Å². The lowest BCUT2D eigenvalue weighted by molar-refractivity contribution is 0.102. The summed E-state index contributed by atoms with van der Waals surface area (Å²) < 4.78 is 5.68. The molecule has 100 valence electrons. The van der Waals surface area contributed by atoms with Crippen LogP contribution in [-0.2, 0) is 0 Å². The highest BCUT2D eigenvalue weighted by atomic mass is 32.1. The van der Waals surface area contributed by atoms with Crippen molar-refractivity contribution in [1.82, 2.24) is 0 Å². The second-order valence-electron chi connectivity index (χ2n) is 4.54. The fourth-order valence-electron chi connectivity index (χ4n) is 1.39. The number of nitrogen functional groups attached to an aromatic ring is 1. The SMILES string of the molecule is C=C(C)CNc1sc(C(C)=O)c(N)c1OC(C)C. The zero-order valence-electron chi connectivity index (χ0n) is 11.3. The summed E-state index contributed by atoms with van der Waals surface area (Å²) in [6, 6.07) is 0. The fraction of sp³-hybridized carbons (Fsp3) is 0.462. The van der Waals surface area contributed by atoms with Crippen LogP contribution in [0, 0.1) is 0 Å². The molecule has 0 fully saturated rings. The largest absolute Gasteiger partial charge is 0.486 e. The topological polar surface area (TPSA) is 64.4 Å². The normalized spacial score (nSPS) is 10.5. The van der Waals surface area contributed by atoms with Gasteiger partial charge < -0.3 is 15.8 Å². The lowest BCUT2D eigenvalue weighted by Crippen LogP contribution is -2.09. The third kappa shape index (κ3) is 3.50. The van der Waals surface area contributed by atoms with Crippen LogP contribution in [0.2, 0.25) is 0 Å². The summed E-state index contributed by atoms with van der Waals surface area (Å²) in [7, 11) is 0. The van der Waals surface area contributed by atoms with Gasteiger partial charge in [-0.2, -0.15) is 0 Å². The number of thiophene rings is 1. The summed E-state index contributed by atoms with van der Waals surface area (Å²) in [5.74, 6) is 0.524. The highest BCUT2D eigenvalue weighted by molar-refractivity contribution is 7.19. The van der Waals surface area contributed by atoms with Crippen molar-refractivity contribution in [2.75, 3.05) is 17.6 Å². The fourth-order valence-corrected chi connectivity index (χ4v) is 2.34. The number of ether oxygens (including phenoxy) is 1. The van der Waals surface area contributed by atoms with Gasteiger partial charge in [0.15, 0.2) is 11.5 Å². The molecule has 4 nitrogen and oxygen atoms in total. The second kappa shape index (κ2) is 5.91. The Morgan fingerprint density at radius 1 is 1.50 bits per heavy atom. The average molecular weight is 268 g/mol. The number of ketones is 1. The number of hydrogen-bond donors (Lipinski definition) is 2. The Hall–Kier alpha value is -1.49. The number of Topliss-reactive ketones (excluding diaryl/α,β-unsaturated/α-hetero) is 1. The molecule has 18 heavy (non-hydrogen) atoms. The average Bonchev–Trinajstić information content (AvgIpc) is 2.53. The van der Waals surface area contributed by atoms with Crippen LogP contribution in [0.4, 0.5) is 10.7 Å². The number of anilines is 2. The number of nitrogens with one attached hydrogen (secondary N) is 1. The highest BCUT2D eigenvalue weighted by Gasteiger charge is 2.20. The van der Waals surface area contributed by atoms with Gasteiger partial charge >= 0.3 is 0 Å². The zero-order chi connectivity index (χ0) is 13.9. The zero-order valence-corrected chi connectivity index (χ0v) is 12.1. The molecular formula is C13H20N2O2S. The van der Waals surface area contributed by atoms with Gasteiger partial charge in [0.05, 0.1) is 16.7 Å². The highest BCUT2D eigenvalue weighted by Crippen LogP contribution is 2.43. The molecule has 0 bridgehead atoms. The van der Waals surface area contributed by atoms with Crippen molar-refractivity contribution in [2.45, 2.75) is 33.8 Å². The minimum atomic E-state index is -0.0468. The summed E-state index contributed by atoms with van der Waals surface area (Å²) in [5.41, 5.74) is 7.39. The van der Waals surface area contributed by atoms with E-state index in [0.717, 1.165) is 10.6 Å². The van der Waals surface area contributed by atoms with Gasteiger partial charge in [-0.25, -0.2) is 0 Å². The standard InChI is InChI=1S/C13H20N2O2S/c1-7(2)6-15-13-11(17-8(3)4)10(14)12(18-13)9(5)16/h8,15H,1,6,14H2,2-5H3. The Balaban J connectivity index is 3.09. The Labute approximate surface area is 112 Å². The van der Waals surface area contributed by atoms with Crippen molar-refractivity contribution in [3.8, 4) is 5.75 Å². The molecule has 0 saturated heterocycles. The van der Waals surface area contributed by atoms with Crippen LogP contribution in [0.25, 0.3) is 0 Å². The predicted molar refractivity (Wildman–Crippen MR) is 77.8 cm³/mol. The lowest BCUT2D eigenvalue weighted by atomic mass is 10.3. The van der Waals surface area contributed by atoms with Crippen LogP contribution in [-0.4, -0.2) is 18.4 Å². The molecule has 0 aromatic carbocycles. The van der Waals surface area contributed by atoms with Gasteiger partial charge in [-0.15, -0.1) is 11.3 Å². The molecule has 0 atom stereocenters. The summed E-state index contributed by atoms with van der Waals surface area (Å²) >= 11 is 1.33. The van der Waals surface area contributed by atoms with Gasteiger partial charge in [0.2, 0.25) is 0 Å². The molecule has 0 unspecified atom stereocenters. The van der Waals surface area contributed by atoms with Crippen molar-refractivity contribution in [3.05, 3.63) is 17.0 Å². The minimum Gasteiger partial charge on any atom is -0.486 e. The number of carbonyl (C=O) groups excluding carboxylic acids is 1. The monoisotopic (exact) mass is 268 g/mol. The summed E-state index contributed by atoms with van der Waals surface area (Å²) in [5, 5.41) is 3.98. The number of nitrogens with two attached hydrogens (primary N) is 1. The van der Waals surface area contributed by atoms with Crippen LogP contribution in [0.15, 0.2) is 12.2 Å². The first kappa shape index (κ1) is 14.6. The summed E-state index contributed by atoms with van der Waals surface area (Å²) in [6.07, 6.45) is 0.00656. The molecule has 0 aliphatic heterocycles. The van der Waals surface area contributed by atoms with Crippen LogP contribution in [0.1, 0.15) is 37.4 Å².